The Balaban J connectivity index is 1.66. The molecule has 0 aliphatic carbocycles. The van der Waals surface area contributed by atoms with Crippen molar-refractivity contribution in [2.45, 2.75) is 20.8 Å². The Morgan fingerprint density at radius 1 is 1.14 bits per heavy atom. The predicted octanol–water partition coefficient (Wildman–Crippen LogP) is 4.12. The molecule has 1 aliphatic rings. The number of carbonyl (C=O) groups is 1. The molecule has 2 aromatic carbocycles. The van der Waals surface area contributed by atoms with Crippen molar-refractivity contribution in [3.05, 3.63) is 52.5 Å². The average molecular weight is 402 g/mol. The Bertz CT molecular complexity index is 833. The van der Waals surface area contributed by atoms with Crippen LogP contribution in [0.3, 0.4) is 0 Å². The molecular formula is C22H28ClN3O2. The minimum atomic E-state index is -0.198. The quantitative estimate of drug-likeness (QED) is 0.790. The van der Waals surface area contributed by atoms with Gasteiger partial charge in [0.05, 0.1) is 16.4 Å². The molecule has 6 heteroatoms. The summed E-state index contributed by atoms with van der Waals surface area (Å²) < 4.78 is 5.70. The van der Waals surface area contributed by atoms with Crippen LogP contribution in [0.4, 0.5) is 11.4 Å². The minimum Gasteiger partial charge on any atom is -0.483 e. The van der Waals surface area contributed by atoms with Crippen molar-refractivity contribution in [2.24, 2.45) is 0 Å². The summed E-state index contributed by atoms with van der Waals surface area (Å²) >= 11 is 6.49. The zero-order chi connectivity index (χ0) is 20.1. The molecule has 0 unspecified atom stereocenters. The number of anilines is 2. The fraction of sp³-hybridized carbons (Fsp3) is 0.409. The maximum atomic E-state index is 12.5. The van der Waals surface area contributed by atoms with E-state index in [2.05, 4.69) is 22.0 Å². The highest BCUT2D eigenvalue weighted by molar-refractivity contribution is 6.34. The van der Waals surface area contributed by atoms with E-state index in [0.717, 1.165) is 55.4 Å². The molecule has 5 nitrogen and oxygen atoms in total. The molecule has 1 amide bonds. The van der Waals surface area contributed by atoms with Gasteiger partial charge in [0.1, 0.15) is 5.75 Å². The van der Waals surface area contributed by atoms with Crippen LogP contribution in [0.15, 0.2) is 36.4 Å². The van der Waals surface area contributed by atoms with Crippen LogP contribution >= 0.6 is 11.6 Å². The highest BCUT2D eigenvalue weighted by Crippen LogP contribution is 2.34. The van der Waals surface area contributed by atoms with E-state index in [0.29, 0.717) is 5.02 Å². The number of nitrogens with zero attached hydrogens (tertiary/aromatic N) is 2. The van der Waals surface area contributed by atoms with Crippen molar-refractivity contribution in [1.82, 2.24) is 4.90 Å². The van der Waals surface area contributed by atoms with Crippen LogP contribution in [0.2, 0.25) is 5.02 Å². The third-order valence-corrected chi connectivity index (χ3v) is 5.39. The number of likely N-dealkylation sites (N-methyl/N-ethyl adjacent to an activating group) is 1. The largest absolute Gasteiger partial charge is 0.483 e. The van der Waals surface area contributed by atoms with Crippen molar-refractivity contribution < 1.29 is 9.53 Å². The van der Waals surface area contributed by atoms with Gasteiger partial charge in [-0.2, -0.15) is 0 Å². The number of para-hydroxylation sites is 1. The van der Waals surface area contributed by atoms with Crippen molar-refractivity contribution in [3.8, 4) is 5.75 Å². The SMILES string of the molecule is CCN1CCN(c2c(Cl)cccc2NC(=O)COc2ccc(C)cc2C)CC1. The van der Waals surface area contributed by atoms with Crippen LogP contribution in [0.25, 0.3) is 0 Å². The van der Waals surface area contributed by atoms with Crippen molar-refractivity contribution in [3.63, 3.8) is 0 Å². The Labute approximate surface area is 172 Å². The second kappa shape index (κ2) is 9.30. The molecule has 28 heavy (non-hydrogen) atoms. The van der Waals surface area contributed by atoms with Gasteiger partial charge in [0, 0.05) is 26.2 Å². The first-order chi connectivity index (χ1) is 13.5. The van der Waals surface area contributed by atoms with Crippen molar-refractivity contribution >= 4 is 28.9 Å². The lowest BCUT2D eigenvalue weighted by molar-refractivity contribution is -0.118. The lowest BCUT2D eigenvalue weighted by Crippen LogP contribution is -2.46. The lowest BCUT2D eigenvalue weighted by Gasteiger charge is -2.36. The summed E-state index contributed by atoms with van der Waals surface area (Å²) in [5.74, 6) is 0.526. The van der Waals surface area contributed by atoms with Crippen molar-refractivity contribution in [2.75, 3.05) is 49.5 Å². The summed E-state index contributed by atoms with van der Waals surface area (Å²) in [5, 5.41) is 3.62. The van der Waals surface area contributed by atoms with Gasteiger partial charge in [-0.25, -0.2) is 0 Å². The van der Waals surface area contributed by atoms with Crippen LogP contribution < -0.4 is 15.0 Å². The number of benzene rings is 2. The van der Waals surface area contributed by atoms with E-state index >= 15 is 0 Å². The van der Waals surface area contributed by atoms with Crippen LogP contribution in [-0.4, -0.2) is 50.1 Å². The molecule has 1 saturated heterocycles. The topological polar surface area (TPSA) is 44.8 Å². The summed E-state index contributed by atoms with van der Waals surface area (Å²) in [4.78, 5) is 17.2. The predicted molar refractivity (Wildman–Crippen MR) is 116 cm³/mol. The van der Waals surface area contributed by atoms with E-state index < -0.39 is 0 Å². The second-order valence-electron chi connectivity index (χ2n) is 7.16. The molecule has 0 aromatic heterocycles. The molecule has 0 spiro atoms. The number of amides is 1. The maximum Gasteiger partial charge on any atom is 0.262 e. The summed E-state index contributed by atoms with van der Waals surface area (Å²) in [5.41, 5.74) is 3.80. The average Bonchev–Trinajstić information content (AvgIpc) is 2.68. The standard InChI is InChI=1S/C22H28ClN3O2/c1-4-25-10-12-26(13-11-25)22-18(23)6-5-7-19(22)24-21(27)15-28-20-9-8-16(2)14-17(20)3/h5-9,14H,4,10-13,15H2,1-3H3,(H,24,27). The number of piperazine rings is 1. The van der Waals surface area contributed by atoms with Crippen LogP contribution in [0, 0.1) is 13.8 Å². The zero-order valence-electron chi connectivity index (χ0n) is 16.8. The van der Waals surface area contributed by atoms with Gasteiger partial charge in [0.2, 0.25) is 0 Å². The Morgan fingerprint density at radius 3 is 2.57 bits per heavy atom. The van der Waals surface area contributed by atoms with Gasteiger partial charge in [-0.05, 0) is 44.2 Å². The Morgan fingerprint density at radius 2 is 1.89 bits per heavy atom. The van der Waals surface area contributed by atoms with Crippen LogP contribution in [0.5, 0.6) is 5.75 Å². The molecule has 0 radical (unpaired) electrons. The van der Waals surface area contributed by atoms with E-state index in [1.807, 2.05) is 50.2 Å². The molecule has 150 valence electrons. The zero-order valence-corrected chi connectivity index (χ0v) is 17.6. The van der Waals surface area contributed by atoms with Gasteiger partial charge < -0.3 is 19.9 Å². The number of carbonyl (C=O) groups excluding carboxylic acids is 1. The first-order valence-electron chi connectivity index (χ1n) is 9.73. The number of nitrogens with one attached hydrogen (secondary N) is 1. The van der Waals surface area contributed by atoms with E-state index in [9.17, 15) is 4.79 Å². The molecule has 0 bridgehead atoms. The molecule has 1 fully saturated rings. The fourth-order valence-corrected chi connectivity index (χ4v) is 3.81. The third-order valence-electron chi connectivity index (χ3n) is 5.09. The van der Waals surface area contributed by atoms with E-state index in [1.165, 1.54) is 5.56 Å². The molecule has 1 aliphatic heterocycles. The third kappa shape index (κ3) is 4.97. The molecule has 1 N–H and O–H groups in total. The van der Waals surface area contributed by atoms with Crippen molar-refractivity contribution in [1.29, 1.82) is 0 Å². The molecule has 1 heterocycles. The van der Waals surface area contributed by atoms with Gasteiger partial charge in [-0.3, -0.25) is 4.79 Å². The van der Waals surface area contributed by atoms with Gasteiger partial charge >= 0.3 is 0 Å². The first kappa shape index (κ1) is 20.5. The van der Waals surface area contributed by atoms with Gasteiger partial charge in [-0.15, -0.1) is 0 Å². The summed E-state index contributed by atoms with van der Waals surface area (Å²) in [7, 11) is 0. The number of aryl methyl sites for hydroxylation is 2. The van der Waals surface area contributed by atoms with Crippen LogP contribution in [0.1, 0.15) is 18.1 Å². The van der Waals surface area contributed by atoms with Gasteiger partial charge in [0.15, 0.2) is 6.61 Å². The van der Waals surface area contributed by atoms with Gasteiger partial charge in [0.25, 0.3) is 5.91 Å². The first-order valence-corrected chi connectivity index (χ1v) is 10.1. The molecule has 2 aromatic rings. The van der Waals surface area contributed by atoms with Crippen LogP contribution in [-0.2, 0) is 4.79 Å². The summed E-state index contributed by atoms with van der Waals surface area (Å²) in [6.07, 6.45) is 0. The Kier molecular flexibility index (Phi) is 6.81. The normalized spacial score (nSPS) is 14.8. The van der Waals surface area contributed by atoms with E-state index in [4.69, 9.17) is 16.3 Å². The van der Waals surface area contributed by atoms with Gasteiger partial charge in [-0.1, -0.05) is 42.3 Å². The number of halogens is 1. The Hall–Kier alpha value is -2.24. The second-order valence-corrected chi connectivity index (χ2v) is 7.57. The minimum absolute atomic E-state index is 0.0422. The summed E-state index contributed by atoms with van der Waals surface area (Å²) in [6, 6.07) is 11.5. The monoisotopic (exact) mass is 401 g/mol. The lowest BCUT2D eigenvalue weighted by atomic mass is 10.1. The number of rotatable bonds is 6. The number of hydrogen-bond donors (Lipinski definition) is 1. The maximum absolute atomic E-state index is 12.5. The molecule has 3 rings (SSSR count). The molecule has 0 atom stereocenters. The number of ether oxygens (including phenoxy) is 1. The number of hydrogen-bond acceptors (Lipinski definition) is 4. The molecule has 0 saturated carbocycles. The summed E-state index contributed by atoms with van der Waals surface area (Å²) in [6.45, 7) is 11.0. The highest BCUT2D eigenvalue weighted by Gasteiger charge is 2.21. The molecular weight excluding hydrogens is 374 g/mol. The van der Waals surface area contributed by atoms with E-state index in [-0.39, 0.29) is 12.5 Å². The smallest absolute Gasteiger partial charge is 0.262 e. The fourth-order valence-electron chi connectivity index (χ4n) is 3.52. The van der Waals surface area contributed by atoms with E-state index in [1.54, 1.807) is 0 Å². The highest BCUT2D eigenvalue weighted by atomic mass is 35.5.